The van der Waals surface area contributed by atoms with Crippen LogP contribution in [0.25, 0.3) is 10.8 Å². The summed E-state index contributed by atoms with van der Waals surface area (Å²) in [6.07, 6.45) is 2.26. The van der Waals surface area contributed by atoms with Crippen LogP contribution in [0.5, 0.6) is 0 Å². The van der Waals surface area contributed by atoms with E-state index in [2.05, 4.69) is 4.90 Å². The van der Waals surface area contributed by atoms with Gasteiger partial charge in [-0.15, -0.1) is 0 Å². The molecule has 0 spiro atoms. The van der Waals surface area contributed by atoms with Crippen molar-refractivity contribution in [2.24, 2.45) is 5.92 Å². The van der Waals surface area contributed by atoms with Gasteiger partial charge in [0, 0.05) is 23.4 Å². The average Bonchev–Trinajstić information content (AvgIpc) is 3.03. The lowest BCUT2D eigenvalue weighted by Gasteiger charge is -2.31. The summed E-state index contributed by atoms with van der Waals surface area (Å²) in [6.45, 7) is 2.83. The largest absolute Gasteiger partial charge is 0.303 e. The highest BCUT2D eigenvalue weighted by Crippen LogP contribution is 2.41. The molecule has 1 fully saturated rings. The Bertz CT molecular complexity index is 1260. The molecule has 2 aliphatic heterocycles. The first-order valence-electron chi connectivity index (χ1n) is 11.0. The predicted molar refractivity (Wildman–Crippen MR) is 123 cm³/mol. The Balaban J connectivity index is 1.18. The molecular formula is C25H25FN2O3S. The van der Waals surface area contributed by atoms with Crippen LogP contribution in [0.2, 0.25) is 0 Å². The first-order chi connectivity index (χ1) is 15.4. The molecule has 0 bridgehead atoms. The van der Waals surface area contributed by atoms with Gasteiger partial charge < -0.3 is 4.90 Å². The van der Waals surface area contributed by atoms with Gasteiger partial charge in [0.2, 0.25) is 0 Å². The molecule has 2 heterocycles. The van der Waals surface area contributed by atoms with Crippen molar-refractivity contribution in [3.8, 4) is 0 Å². The van der Waals surface area contributed by atoms with Gasteiger partial charge in [-0.1, -0.05) is 24.3 Å². The maximum absolute atomic E-state index is 13.1. The van der Waals surface area contributed by atoms with Crippen LogP contribution >= 0.6 is 0 Å². The van der Waals surface area contributed by atoms with E-state index in [9.17, 15) is 17.6 Å². The van der Waals surface area contributed by atoms with Gasteiger partial charge >= 0.3 is 0 Å². The standard InChI is InChI=1S/C25H25FN2O3S/c26-21-10-8-19(9-11-21)25(29)20-12-16-27(17-13-20)14-3-15-28-22-6-1-4-18-5-2-7-23(24(18)22)32(28,30)31/h1-2,4-11,20H,3,12-17H2. The number of anilines is 1. The number of nitrogens with zero attached hydrogens (tertiary/aromatic N) is 2. The molecule has 0 amide bonds. The third-order valence-corrected chi connectivity index (χ3v) is 8.46. The molecule has 2 aliphatic rings. The number of sulfonamides is 1. The van der Waals surface area contributed by atoms with Crippen LogP contribution in [0.4, 0.5) is 10.1 Å². The van der Waals surface area contributed by atoms with E-state index < -0.39 is 10.0 Å². The molecule has 0 N–H and O–H groups in total. The molecule has 7 heteroatoms. The Kier molecular flexibility index (Phi) is 5.47. The minimum absolute atomic E-state index is 0.0391. The molecule has 32 heavy (non-hydrogen) atoms. The van der Waals surface area contributed by atoms with Gasteiger partial charge in [0.05, 0.1) is 10.6 Å². The Morgan fingerprint density at radius 2 is 1.62 bits per heavy atom. The fourth-order valence-corrected chi connectivity index (χ4v) is 6.65. The summed E-state index contributed by atoms with van der Waals surface area (Å²) >= 11 is 0. The summed E-state index contributed by atoms with van der Waals surface area (Å²) in [4.78, 5) is 15.4. The number of hydrogen-bond donors (Lipinski definition) is 0. The molecule has 0 atom stereocenters. The van der Waals surface area contributed by atoms with E-state index in [0.717, 1.165) is 55.4 Å². The smallest absolute Gasteiger partial charge is 0.265 e. The molecule has 0 saturated carbocycles. The lowest BCUT2D eigenvalue weighted by atomic mass is 9.89. The van der Waals surface area contributed by atoms with Crippen LogP contribution in [0.1, 0.15) is 29.6 Å². The van der Waals surface area contributed by atoms with E-state index in [0.29, 0.717) is 17.0 Å². The Morgan fingerprint density at radius 1 is 0.938 bits per heavy atom. The average molecular weight is 453 g/mol. The first kappa shape index (κ1) is 21.1. The van der Waals surface area contributed by atoms with E-state index in [-0.39, 0.29) is 17.5 Å². The monoisotopic (exact) mass is 452 g/mol. The number of Topliss-reactive ketones (excluding diaryl/α,β-unsaturated/α-hetero) is 1. The van der Waals surface area contributed by atoms with Crippen LogP contribution in [0, 0.1) is 11.7 Å². The van der Waals surface area contributed by atoms with Crippen molar-refractivity contribution in [2.45, 2.75) is 24.2 Å². The summed E-state index contributed by atoms with van der Waals surface area (Å²) in [5.41, 5.74) is 1.33. The number of rotatable bonds is 6. The second kappa shape index (κ2) is 8.30. The molecule has 0 unspecified atom stereocenters. The molecule has 166 valence electrons. The van der Waals surface area contributed by atoms with Gasteiger partial charge in [-0.05, 0) is 80.7 Å². The zero-order valence-electron chi connectivity index (χ0n) is 17.7. The van der Waals surface area contributed by atoms with Crippen LogP contribution in [-0.2, 0) is 10.0 Å². The van der Waals surface area contributed by atoms with Crippen molar-refractivity contribution >= 4 is 32.3 Å². The van der Waals surface area contributed by atoms with Gasteiger partial charge in [-0.25, -0.2) is 12.8 Å². The maximum atomic E-state index is 13.1. The summed E-state index contributed by atoms with van der Waals surface area (Å²) < 4.78 is 40.8. The van der Waals surface area contributed by atoms with E-state index in [1.807, 2.05) is 24.3 Å². The Morgan fingerprint density at radius 3 is 2.34 bits per heavy atom. The van der Waals surface area contributed by atoms with E-state index in [4.69, 9.17) is 0 Å². The lowest BCUT2D eigenvalue weighted by molar-refractivity contribution is 0.0840. The Labute approximate surface area is 187 Å². The van der Waals surface area contributed by atoms with Crippen LogP contribution in [0.15, 0.2) is 65.6 Å². The molecule has 0 radical (unpaired) electrons. The Hall–Kier alpha value is -2.77. The number of benzene rings is 3. The quantitative estimate of drug-likeness (QED) is 0.518. The molecular weight excluding hydrogens is 427 g/mol. The highest BCUT2D eigenvalue weighted by Gasteiger charge is 2.35. The molecule has 3 aromatic carbocycles. The van der Waals surface area contributed by atoms with Crippen LogP contribution in [-0.4, -0.2) is 45.3 Å². The van der Waals surface area contributed by atoms with Crippen molar-refractivity contribution < 1.29 is 17.6 Å². The van der Waals surface area contributed by atoms with E-state index in [1.54, 1.807) is 24.3 Å². The minimum Gasteiger partial charge on any atom is -0.303 e. The van der Waals surface area contributed by atoms with Crippen molar-refractivity contribution in [3.05, 3.63) is 72.0 Å². The molecule has 5 nitrogen and oxygen atoms in total. The highest BCUT2D eigenvalue weighted by atomic mass is 32.2. The summed E-state index contributed by atoms with van der Waals surface area (Å²) in [7, 11) is -3.51. The topological polar surface area (TPSA) is 57.7 Å². The predicted octanol–water partition coefficient (Wildman–Crippen LogP) is 4.47. The number of halogens is 1. The van der Waals surface area contributed by atoms with Gasteiger partial charge in [-0.3, -0.25) is 9.10 Å². The molecule has 0 aliphatic carbocycles. The summed E-state index contributed by atoms with van der Waals surface area (Å²) in [6, 6.07) is 16.9. The summed E-state index contributed by atoms with van der Waals surface area (Å²) in [5.74, 6) is -0.294. The molecule has 0 aromatic heterocycles. The van der Waals surface area contributed by atoms with Gasteiger partial charge in [-0.2, -0.15) is 0 Å². The first-order valence-corrected chi connectivity index (χ1v) is 12.5. The number of ketones is 1. The van der Waals surface area contributed by atoms with Crippen molar-refractivity contribution in [3.63, 3.8) is 0 Å². The van der Waals surface area contributed by atoms with Crippen LogP contribution in [0.3, 0.4) is 0 Å². The van der Waals surface area contributed by atoms with E-state index >= 15 is 0 Å². The second-order valence-electron chi connectivity index (χ2n) is 8.55. The van der Waals surface area contributed by atoms with Crippen molar-refractivity contribution in [1.82, 2.24) is 4.90 Å². The zero-order chi connectivity index (χ0) is 22.3. The van der Waals surface area contributed by atoms with Gasteiger partial charge in [0.1, 0.15) is 5.82 Å². The number of hydrogen-bond acceptors (Lipinski definition) is 4. The molecule has 5 rings (SSSR count). The summed E-state index contributed by atoms with van der Waals surface area (Å²) in [5, 5.41) is 1.76. The number of carbonyl (C=O) groups excluding carboxylic acids is 1. The highest BCUT2D eigenvalue weighted by molar-refractivity contribution is 7.93. The minimum atomic E-state index is -3.51. The third-order valence-electron chi connectivity index (χ3n) is 6.60. The third kappa shape index (κ3) is 3.69. The SMILES string of the molecule is O=C(c1ccc(F)cc1)C1CCN(CCCN2c3cccc4cccc(c34)S2(=O)=O)CC1. The molecule has 1 saturated heterocycles. The maximum Gasteiger partial charge on any atom is 0.265 e. The van der Waals surface area contributed by atoms with Crippen molar-refractivity contribution in [2.75, 3.05) is 30.5 Å². The normalized spacial score (nSPS) is 18.3. The van der Waals surface area contributed by atoms with E-state index in [1.165, 1.54) is 16.4 Å². The fourth-order valence-electron chi connectivity index (χ4n) is 4.91. The van der Waals surface area contributed by atoms with Crippen LogP contribution < -0.4 is 4.31 Å². The van der Waals surface area contributed by atoms with Gasteiger partial charge in [0.15, 0.2) is 5.78 Å². The van der Waals surface area contributed by atoms with Crippen molar-refractivity contribution in [1.29, 1.82) is 0 Å². The number of likely N-dealkylation sites (tertiary alicyclic amines) is 1. The zero-order valence-corrected chi connectivity index (χ0v) is 18.5. The number of piperidine rings is 1. The van der Waals surface area contributed by atoms with Gasteiger partial charge in [0.25, 0.3) is 10.0 Å². The number of carbonyl (C=O) groups is 1. The fraction of sp³-hybridized carbons (Fsp3) is 0.320. The molecule has 3 aromatic rings. The second-order valence-corrected chi connectivity index (χ2v) is 10.4. The lowest BCUT2D eigenvalue weighted by Crippen LogP contribution is -2.38.